The summed E-state index contributed by atoms with van der Waals surface area (Å²) in [5.74, 6) is 1.17. The second-order valence-electron chi connectivity index (χ2n) is 2.30. The quantitative estimate of drug-likeness (QED) is 0.818. The van der Waals surface area contributed by atoms with Crippen LogP contribution in [-0.4, -0.2) is 18.2 Å². The first kappa shape index (κ1) is 10.3. The third-order valence-corrected chi connectivity index (χ3v) is 1.97. The highest BCUT2D eigenvalue weighted by molar-refractivity contribution is 9.10. The zero-order chi connectivity index (χ0) is 9.68. The standard InChI is InChI=1S/C9H12BrNO2/c1-3-12-8-6-5-7(10)9(11-8)13-4-2/h5-6H,3-4H2,1-2H3. The molecule has 0 saturated heterocycles. The predicted molar refractivity (Wildman–Crippen MR) is 54.3 cm³/mol. The lowest BCUT2D eigenvalue weighted by molar-refractivity contribution is 0.297. The van der Waals surface area contributed by atoms with Crippen LogP contribution < -0.4 is 9.47 Å². The Morgan fingerprint density at radius 2 is 1.92 bits per heavy atom. The molecule has 0 N–H and O–H groups in total. The van der Waals surface area contributed by atoms with Crippen LogP contribution in [0.5, 0.6) is 11.8 Å². The minimum atomic E-state index is 0.577. The van der Waals surface area contributed by atoms with Gasteiger partial charge < -0.3 is 9.47 Å². The highest BCUT2D eigenvalue weighted by atomic mass is 79.9. The van der Waals surface area contributed by atoms with Crippen molar-refractivity contribution in [2.24, 2.45) is 0 Å². The summed E-state index contributed by atoms with van der Waals surface area (Å²) in [4.78, 5) is 4.16. The number of hydrogen-bond acceptors (Lipinski definition) is 3. The maximum Gasteiger partial charge on any atom is 0.231 e. The maximum absolute atomic E-state index is 5.29. The SMILES string of the molecule is CCOc1ccc(Br)c(OCC)n1. The summed E-state index contributed by atoms with van der Waals surface area (Å²) in [6.07, 6.45) is 0. The minimum absolute atomic E-state index is 0.577. The fraction of sp³-hybridized carbons (Fsp3) is 0.444. The Balaban J connectivity index is 2.83. The normalized spacial score (nSPS) is 9.77. The first-order valence-corrected chi connectivity index (χ1v) is 4.99. The van der Waals surface area contributed by atoms with Crippen molar-refractivity contribution in [2.45, 2.75) is 13.8 Å². The highest BCUT2D eigenvalue weighted by Crippen LogP contribution is 2.25. The summed E-state index contributed by atoms with van der Waals surface area (Å²) in [5.41, 5.74) is 0. The van der Waals surface area contributed by atoms with Crippen molar-refractivity contribution >= 4 is 15.9 Å². The van der Waals surface area contributed by atoms with Crippen LogP contribution in [0, 0.1) is 0 Å². The molecule has 0 unspecified atom stereocenters. The van der Waals surface area contributed by atoms with E-state index in [1.165, 1.54) is 0 Å². The van der Waals surface area contributed by atoms with Crippen molar-refractivity contribution in [3.05, 3.63) is 16.6 Å². The van der Waals surface area contributed by atoms with E-state index in [9.17, 15) is 0 Å². The summed E-state index contributed by atoms with van der Waals surface area (Å²) in [7, 11) is 0. The number of nitrogens with zero attached hydrogens (tertiary/aromatic N) is 1. The maximum atomic E-state index is 5.29. The number of rotatable bonds is 4. The van der Waals surface area contributed by atoms with Crippen molar-refractivity contribution in [3.8, 4) is 11.8 Å². The third kappa shape index (κ3) is 2.88. The molecule has 0 atom stereocenters. The summed E-state index contributed by atoms with van der Waals surface area (Å²) in [5, 5.41) is 0. The molecule has 0 aliphatic carbocycles. The summed E-state index contributed by atoms with van der Waals surface area (Å²) in [6.45, 7) is 5.05. The fourth-order valence-corrected chi connectivity index (χ4v) is 1.21. The predicted octanol–water partition coefficient (Wildman–Crippen LogP) is 2.64. The molecule has 0 bridgehead atoms. The van der Waals surface area contributed by atoms with Gasteiger partial charge in [-0.3, -0.25) is 0 Å². The molecule has 13 heavy (non-hydrogen) atoms. The molecule has 0 spiro atoms. The molecule has 0 radical (unpaired) electrons. The van der Waals surface area contributed by atoms with Crippen molar-refractivity contribution in [3.63, 3.8) is 0 Å². The molecule has 0 aliphatic rings. The summed E-state index contributed by atoms with van der Waals surface area (Å²) < 4.78 is 11.4. The van der Waals surface area contributed by atoms with Crippen molar-refractivity contribution in [2.75, 3.05) is 13.2 Å². The van der Waals surface area contributed by atoms with E-state index in [-0.39, 0.29) is 0 Å². The van der Waals surface area contributed by atoms with Gasteiger partial charge in [0.05, 0.1) is 17.7 Å². The lowest BCUT2D eigenvalue weighted by atomic mass is 10.5. The van der Waals surface area contributed by atoms with Gasteiger partial charge in [-0.1, -0.05) is 0 Å². The van der Waals surface area contributed by atoms with E-state index < -0.39 is 0 Å². The Morgan fingerprint density at radius 3 is 2.54 bits per heavy atom. The van der Waals surface area contributed by atoms with Crippen LogP contribution in [0.15, 0.2) is 16.6 Å². The molecule has 4 heteroatoms. The second-order valence-corrected chi connectivity index (χ2v) is 3.16. The van der Waals surface area contributed by atoms with Crippen LogP contribution in [0.2, 0.25) is 0 Å². The van der Waals surface area contributed by atoms with Crippen LogP contribution in [0.3, 0.4) is 0 Å². The number of hydrogen-bond donors (Lipinski definition) is 0. The molecule has 72 valence electrons. The molecule has 0 amide bonds. The number of halogens is 1. The smallest absolute Gasteiger partial charge is 0.231 e. The van der Waals surface area contributed by atoms with Gasteiger partial charge in [-0.05, 0) is 35.8 Å². The Kier molecular flexibility index (Phi) is 4.02. The molecule has 1 rings (SSSR count). The largest absolute Gasteiger partial charge is 0.478 e. The average molecular weight is 246 g/mol. The van der Waals surface area contributed by atoms with Gasteiger partial charge in [0.25, 0.3) is 0 Å². The van der Waals surface area contributed by atoms with Crippen molar-refractivity contribution in [1.29, 1.82) is 0 Å². The average Bonchev–Trinajstić information content (AvgIpc) is 2.12. The highest BCUT2D eigenvalue weighted by Gasteiger charge is 2.03. The Morgan fingerprint density at radius 1 is 1.23 bits per heavy atom. The van der Waals surface area contributed by atoms with E-state index in [1.807, 2.05) is 19.9 Å². The topological polar surface area (TPSA) is 31.4 Å². The first-order valence-electron chi connectivity index (χ1n) is 4.20. The molecule has 3 nitrogen and oxygen atoms in total. The van der Waals surface area contributed by atoms with Crippen molar-refractivity contribution < 1.29 is 9.47 Å². The van der Waals surface area contributed by atoms with Gasteiger partial charge in [-0.15, -0.1) is 0 Å². The first-order chi connectivity index (χ1) is 6.27. The van der Waals surface area contributed by atoms with Gasteiger partial charge in [0.15, 0.2) is 0 Å². The molecule has 0 aromatic carbocycles. The molecule has 1 aromatic rings. The summed E-state index contributed by atoms with van der Waals surface area (Å²) >= 11 is 3.34. The monoisotopic (exact) mass is 245 g/mol. The molecule has 0 aliphatic heterocycles. The second kappa shape index (κ2) is 5.07. The van der Waals surface area contributed by atoms with Gasteiger partial charge in [-0.25, -0.2) is 0 Å². The third-order valence-electron chi connectivity index (χ3n) is 1.36. The van der Waals surface area contributed by atoms with Crippen LogP contribution in [-0.2, 0) is 0 Å². The van der Waals surface area contributed by atoms with Crippen LogP contribution in [0.4, 0.5) is 0 Å². The van der Waals surface area contributed by atoms with E-state index in [2.05, 4.69) is 20.9 Å². The van der Waals surface area contributed by atoms with Gasteiger partial charge in [0.2, 0.25) is 11.8 Å². The van der Waals surface area contributed by atoms with E-state index in [0.29, 0.717) is 25.0 Å². The summed E-state index contributed by atoms with van der Waals surface area (Å²) in [6, 6.07) is 3.67. The van der Waals surface area contributed by atoms with Crippen LogP contribution in [0.1, 0.15) is 13.8 Å². The Bertz CT molecular complexity index is 278. The van der Waals surface area contributed by atoms with E-state index in [1.54, 1.807) is 6.07 Å². The number of ether oxygens (including phenoxy) is 2. The molecule has 1 aromatic heterocycles. The van der Waals surface area contributed by atoms with E-state index >= 15 is 0 Å². The van der Waals surface area contributed by atoms with Gasteiger partial charge in [0.1, 0.15) is 0 Å². The van der Waals surface area contributed by atoms with Gasteiger partial charge >= 0.3 is 0 Å². The molecule has 0 fully saturated rings. The molecular weight excluding hydrogens is 234 g/mol. The van der Waals surface area contributed by atoms with E-state index in [4.69, 9.17) is 9.47 Å². The van der Waals surface area contributed by atoms with Crippen molar-refractivity contribution in [1.82, 2.24) is 4.98 Å². The van der Waals surface area contributed by atoms with Gasteiger partial charge in [0, 0.05) is 6.07 Å². The lowest BCUT2D eigenvalue weighted by Crippen LogP contribution is -1.99. The Hall–Kier alpha value is -0.770. The van der Waals surface area contributed by atoms with Gasteiger partial charge in [-0.2, -0.15) is 4.98 Å². The Labute approximate surface area is 86.2 Å². The zero-order valence-corrected chi connectivity index (χ0v) is 9.30. The molecule has 1 heterocycles. The van der Waals surface area contributed by atoms with E-state index in [0.717, 1.165) is 4.47 Å². The minimum Gasteiger partial charge on any atom is -0.478 e. The van der Waals surface area contributed by atoms with Crippen LogP contribution in [0.25, 0.3) is 0 Å². The number of aromatic nitrogens is 1. The molecule has 0 saturated carbocycles. The fourth-order valence-electron chi connectivity index (χ4n) is 0.873. The number of pyridine rings is 1. The zero-order valence-electron chi connectivity index (χ0n) is 7.71. The lowest BCUT2D eigenvalue weighted by Gasteiger charge is -2.06. The molecular formula is C9H12BrNO2. The van der Waals surface area contributed by atoms with Crippen LogP contribution >= 0.6 is 15.9 Å².